The van der Waals surface area contributed by atoms with Gasteiger partial charge in [0.15, 0.2) is 0 Å². The Balaban J connectivity index is 1.18. The van der Waals surface area contributed by atoms with Crippen LogP contribution in [0.3, 0.4) is 0 Å². The molecule has 2 aromatic rings. The predicted octanol–water partition coefficient (Wildman–Crippen LogP) is 3.69. The van der Waals surface area contributed by atoms with Crippen molar-refractivity contribution in [2.75, 3.05) is 0 Å². The molecule has 3 saturated carbocycles. The number of amides is 1. The third-order valence-corrected chi connectivity index (χ3v) is 7.86. The van der Waals surface area contributed by atoms with Crippen molar-refractivity contribution in [3.63, 3.8) is 0 Å². The van der Waals surface area contributed by atoms with E-state index in [4.69, 9.17) is 4.98 Å². The lowest BCUT2D eigenvalue weighted by Crippen LogP contribution is -2.64. The van der Waals surface area contributed by atoms with Crippen LogP contribution in [-0.2, 0) is 4.79 Å². The first-order valence-corrected chi connectivity index (χ1v) is 11.1. The molecule has 2 saturated heterocycles. The van der Waals surface area contributed by atoms with E-state index in [1.807, 2.05) is 0 Å². The molecule has 28 heavy (non-hydrogen) atoms. The molecule has 5 nitrogen and oxygen atoms in total. The van der Waals surface area contributed by atoms with Crippen LogP contribution < -0.4 is 0 Å². The van der Waals surface area contributed by atoms with Gasteiger partial charge in [-0.25, -0.2) is 4.98 Å². The number of carbonyl (C=O) groups excluding carboxylic acids is 1. The number of carbonyl (C=O) groups is 1. The molecule has 4 bridgehead atoms. The Morgan fingerprint density at radius 2 is 1.89 bits per heavy atom. The molecule has 3 heterocycles. The number of nitrogens with one attached hydrogen (secondary N) is 1. The highest BCUT2D eigenvalue weighted by atomic mass is 16.3. The summed E-state index contributed by atoms with van der Waals surface area (Å²) >= 11 is 0. The van der Waals surface area contributed by atoms with Gasteiger partial charge in [-0.2, -0.15) is 0 Å². The summed E-state index contributed by atoms with van der Waals surface area (Å²) in [6.45, 7) is 2.11. The van der Waals surface area contributed by atoms with Gasteiger partial charge in [0.25, 0.3) is 0 Å². The van der Waals surface area contributed by atoms with Gasteiger partial charge in [-0.1, -0.05) is 13.0 Å². The molecule has 7 rings (SSSR count). The molecule has 3 aliphatic carbocycles. The van der Waals surface area contributed by atoms with E-state index in [0.29, 0.717) is 30.3 Å². The van der Waals surface area contributed by atoms with Gasteiger partial charge < -0.3 is 15.0 Å². The molecule has 1 aromatic carbocycles. The number of hydrogen-bond acceptors (Lipinski definition) is 3. The second-order valence-corrected chi connectivity index (χ2v) is 9.84. The zero-order chi connectivity index (χ0) is 19.0. The van der Waals surface area contributed by atoms with Crippen LogP contribution >= 0.6 is 0 Å². The monoisotopic (exact) mass is 379 g/mol. The maximum absolute atomic E-state index is 13.2. The number of rotatable bonds is 4. The molecule has 1 amide bonds. The van der Waals surface area contributed by atoms with Gasteiger partial charge in [-0.15, -0.1) is 0 Å². The van der Waals surface area contributed by atoms with E-state index in [9.17, 15) is 9.90 Å². The van der Waals surface area contributed by atoms with Crippen molar-refractivity contribution >= 4 is 16.9 Å². The summed E-state index contributed by atoms with van der Waals surface area (Å²) < 4.78 is 0. The SMILES string of the molecule is CC(CC(=O)N1C2CC3CC1CC(C2)C3O)c1nc2ccc(C3CC3)cc2[nH]1. The Labute approximate surface area is 165 Å². The van der Waals surface area contributed by atoms with Gasteiger partial charge in [0, 0.05) is 24.4 Å². The summed E-state index contributed by atoms with van der Waals surface area (Å²) in [6, 6.07) is 7.26. The Kier molecular flexibility index (Phi) is 3.68. The standard InChI is InChI=1S/C23H29N3O2/c1-12(23-24-19-5-4-14(13-2-3-13)11-20(19)25-23)6-21(27)26-17-7-15-8-18(26)10-16(9-17)22(15)28/h4-5,11-13,15-18,22,28H,2-3,6-10H2,1H3,(H,24,25). The van der Waals surface area contributed by atoms with Crippen molar-refractivity contribution in [2.45, 2.75) is 81.9 Å². The van der Waals surface area contributed by atoms with E-state index in [0.717, 1.165) is 48.5 Å². The number of fused-ring (bicyclic) bond motifs is 1. The molecule has 0 spiro atoms. The van der Waals surface area contributed by atoms with E-state index in [1.54, 1.807) is 0 Å². The maximum Gasteiger partial charge on any atom is 0.223 e. The predicted molar refractivity (Wildman–Crippen MR) is 107 cm³/mol. The lowest BCUT2D eigenvalue weighted by atomic mass is 9.62. The Bertz CT molecular complexity index is 901. The number of nitrogens with zero attached hydrogens (tertiary/aromatic N) is 2. The zero-order valence-corrected chi connectivity index (χ0v) is 16.5. The Morgan fingerprint density at radius 1 is 1.21 bits per heavy atom. The van der Waals surface area contributed by atoms with Gasteiger partial charge in [-0.05, 0) is 74.0 Å². The fourth-order valence-electron chi connectivity index (χ4n) is 6.30. The third-order valence-electron chi connectivity index (χ3n) is 7.86. The van der Waals surface area contributed by atoms with Crippen molar-refractivity contribution in [2.24, 2.45) is 11.8 Å². The van der Waals surface area contributed by atoms with Crippen LogP contribution in [0.1, 0.15) is 75.1 Å². The van der Waals surface area contributed by atoms with Crippen molar-refractivity contribution in [1.82, 2.24) is 14.9 Å². The van der Waals surface area contributed by atoms with Crippen LogP contribution in [0.2, 0.25) is 0 Å². The summed E-state index contributed by atoms with van der Waals surface area (Å²) in [4.78, 5) is 23.6. The molecule has 5 fully saturated rings. The van der Waals surface area contributed by atoms with Crippen LogP contribution in [0.25, 0.3) is 11.0 Å². The molecular formula is C23H29N3O2. The number of aliphatic hydroxyl groups is 1. The van der Waals surface area contributed by atoms with E-state index < -0.39 is 0 Å². The van der Waals surface area contributed by atoms with Crippen molar-refractivity contribution in [3.8, 4) is 0 Å². The second kappa shape index (κ2) is 6.06. The molecule has 1 unspecified atom stereocenters. The molecule has 5 aliphatic rings. The van der Waals surface area contributed by atoms with E-state index in [-0.39, 0.29) is 17.9 Å². The molecule has 1 atom stereocenters. The highest BCUT2D eigenvalue weighted by molar-refractivity contribution is 5.79. The first-order chi connectivity index (χ1) is 13.6. The molecule has 2 N–H and O–H groups in total. The number of benzene rings is 1. The van der Waals surface area contributed by atoms with Gasteiger partial charge in [-0.3, -0.25) is 4.79 Å². The largest absolute Gasteiger partial charge is 0.393 e. The lowest BCUT2D eigenvalue weighted by Gasteiger charge is -2.58. The maximum atomic E-state index is 13.2. The smallest absolute Gasteiger partial charge is 0.223 e. The number of aromatic nitrogens is 2. The van der Waals surface area contributed by atoms with Crippen LogP contribution in [0.5, 0.6) is 0 Å². The number of imidazole rings is 1. The molecular weight excluding hydrogens is 350 g/mol. The minimum absolute atomic E-state index is 0.0899. The van der Waals surface area contributed by atoms with Crippen LogP contribution in [0, 0.1) is 11.8 Å². The average molecular weight is 380 g/mol. The van der Waals surface area contributed by atoms with Gasteiger partial charge in [0.2, 0.25) is 5.91 Å². The average Bonchev–Trinajstić information content (AvgIpc) is 3.43. The minimum Gasteiger partial charge on any atom is -0.393 e. The van der Waals surface area contributed by atoms with Crippen LogP contribution in [0.15, 0.2) is 18.2 Å². The number of aliphatic hydroxyl groups excluding tert-OH is 1. The van der Waals surface area contributed by atoms with E-state index in [2.05, 4.69) is 35.0 Å². The number of piperidine rings is 2. The Morgan fingerprint density at radius 3 is 2.54 bits per heavy atom. The topological polar surface area (TPSA) is 69.2 Å². The first kappa shape index (κ1) is 17.0. The minimum atomic E-state index is -0.125. The lowest BCUT2D eigenvalue weighted by molar-refractivity contribution is -0.163. The highest BCUT2D eigenvalue weighted by Gasteiger charge is 2.52. The summed E-state index contributed by atoms with van der Waals surface area (Å²) in [7, 11) is 0. The first-order valence-electron chi connectivity index (χ1n) is 11.1. The molecule has 148 valence electrons. The van der Waals surface area contributed by atoms with Crippen LogP contribution in [-0.4, -0.2) is 44.1 Å². The molecule has 0 radical (unpaired) electrons. The number of H-pyrrole nitrogens is 1. The van der Waals surface area contributed by atoms with Gasteiger partial charge in [0.05, 0.1) is 17.1 Å². The van der Waals surface area contributed by atoms with Crippen LogP contribution in [0.4, 0.5) is 0 Å². The van der Waals surface area contributed by atoms with Crippen molar-refractivity contribution < 1.29 is 9.90 Å². The fourth-order valence-corrected chi connectivity index (χ4v) is 6.30. The molecule has 2 aliphatic heterocycles. The number of hydrogen-bond donors (Lipinski definition) is 2. The summed E-state index contributed by atoms with van der Waals surface area (Å²) in [5.74, 6) is 2.86. The van der Waals surface area contributed by atoms with Crippen molar-refractivity contribution in [1.29, 1.82) is 0 Å². The van der Waals surface area contributed by atoms with Gasteiger partial charge in [0.1, 0.15) is 5.82 Å². The zero-order valence-electron chi connectivity index (χ0n) is 16.5. The third kappa shape index (κ3) is 2.62. The van der Waals surface area contributed by atoms with E-state index >= 15 is 0 Å². The summed E-state index contributed by atoms with van der Waals surface area (Å²) in [5, 5.41) is 10.4. The fraction of sp³-hybridized carbons (Fsp3) is 0.652. The molecule has 1 aromatic heterocycles. The quantitative estimate of drug-likeness (QED) is 0.851. The van der Waals surface area contributed by atoms with E-state index in [1.165, 1.54) is 18.4 Å². The molecule has 5 heteroatoms. The Hall–Kier alpha value is -1.88. The summed E-state index contributed by atoms with van der Waals surface area (Å²) in [5.41, 5.74) is 3.51. The van der Waals surface area contributed by atoms with Crippen molar-refractivity contribution in [3.05, 3.63) is 29.6 Å². The summed E-state index contributed by atoms with van der Waals surface area (Å²) in [6.07, 6.45) is 6.94. The normalized spacial score (nSPS) is 34.9. The highest BCUT2D eigenvalue weighted by Crippen LogP contribution is 2.49. The number of aromatic amines is 1. The van der Waals surface area contributed by atoms with Gasteiger partial charge >= 0.3 is 0 Å². The second-order valence-electron chi connectivity index (χ2n) is 9.84.